The van der Waals surface area contributed by atoms with Crippen LogP contribution in [0.1, 0.15) is 38.3 Å². The van der Waals surface area contributed by atoms with Gasteiger partial charge in [0.15, 0.2) is 0 Å². The summed E-state index contributed by atoms with van der Waals surface area (Å²) in [5, 5.41) is 3.06. The molecule has 0 saturated carbocycles. The highest BCUT2D eigenvalue weighted by Gasteiger charge is 2.16. The molecule has 0 aliphatic heterocycles. The third-order valence-corrected chi connectivity index (χ3v) is 4.41. The third-order valence-electron chi connectivity index (χ3n) is 2.93. The Bertz CT molecular complexity index is 512. The van der Waals surface area contributed by atoms with Crippen LogP contribution in [0.15, 0.2) is 24.3 Å². The summed E-state index contributed by atoms with van der Waals surface area (Å²) in [6.07, 6.45) is 0.846. The molecule has 0 spiro atoms. The van der Waals surface area contributed by atoms with Crippen molar-refractivity contribution in [2.75, 3.05) is 7.05 Å². The van der Waals surface area contributed by atoms with Gasteiger partial charge in [-0.25, -0.2) is 13.1 Å². The van der Waals surface area contributed by atoms with Crippen molar-refractivity contribution in [2.24, 2.45) is 5.92 Å². The molecule has 20 heavy (non-hydrogen) atoms. The van der Waals surface area contributed by atoms with Gasteiger partial charge < -0.3 is 5.32 Å². The number of rotatable bonds is 8. The van der Waals surface area contributed by atoms with E-state index in [0.29, 0.717) is 5.92 Å². The van der Waals surface area contributed by atoms with Gasteiger partial charge >= 0.3 is 0 Å². The van der Waals surface area contributed by atoms with Gasteiger partial charge in [0, 0.05) is 12.6 Å². The Morgan fingerprint density at radius 2 is 1.80 bits per heavy atom. The van der Waals surface area contributed by atoms with E-state index in [1.54, 1.807) is 0 Å². The van der Waals surface area contributed by atoms with Crippen LogP contribution in [0.5, 0.6) is 0 Å². The SMILES string of the molecule is CNCc1cccc(CS(=O)(=O)NC(C)CC(C)C)c1. The molecular weight excluding hydrogens is 272 g/mol. The van der Waals surface area contributed by atoms with Gasteiger partial charge in [-0.2, -0.15) is 0 Å². The lowest BCUT2D eigenvalue weighted by Gasteiger charge is -2.16. The van der Waals surface area contributed by atoms with Gasteiger partial charge in [-0.05, 0) is 37.4 Å². The molecule has 0 bridgehead atoms. The molecule has 1 aromatic rings. The van der Waals surface area contributed by atoms with Crippen molar-refractivity contribution in [3.63, 3.8) is 0 Å². The second-order valence-corrected chi connectivity index (χ2v) is 7.51. The van der Waals surface area contributed by atoms with E-state index < -0.39 is 10.0 Å². The van der Waals surface area contributed by atoms with Gasteiger partial charge in [0.05, 0.1) is 5.75 Å². The Morgan fingerprint density at radius 3 is 2.40 bits per heavy atom. The van der Waals surface area contributed by atoms with Gasteiger partial charge in [-0.3, -0.25) is 0 Å². The minimum atomic E-state index is -3.28. The lowest BCUT2D eigenvalue weighted by Crippen LogP contribution is -2.34. The van der Waals surface area contributed by atoms with Gasteiger partial charge in [0.25, 0.3) is 0 Å². The van der Waals surface area contributed by atoms with Crippen LogP contribution in [0.4, 0.5) is 0 Å². The zero-order valence-corrected chi connectivity index (χ0v) is 13.6. The molecule has 0 aromatic heterocycles. The molecule has 1 rings (SSSR count). The second-order valence-electron chi connectivity index (χ2n) is 5.76. The number of benzene rings is 1. The van der Waals surface area contributed by atoms with Gasteiger partial charge in [-0.1, -0.05) is 38.1 Å². The molecule has 1 aromatic carbocycles. The first-order valence-corrected chi connectivity index (χ1v) is 8.70. The molecule has 114 valence electrons. The molecule has 4 nitrogen and oxygen atoms in total. The van der Waals surface area contributed by atoms with Crippen molar-refractivity contribution in [3.05, 3.63) is 35.4 Å². The van der Waals surface area contributed by atoms with Crippen LogP contribution in [0.25, 0.3) is 0 Å². The van der Waals surface area contributed by atoms with Crippen molar-refractivity contribution < 1.29 is 8.42 Å². The van der Waals surface area contributed by atoms with Crippen LogP contribution in [0.3, 0.4) is 0 Å². The van der Waals surface area contributed by atoms with Gasteiger partial charge in [0.1, 0.15) is 0 Å². The lowest BCUT2D eigenvalue weighted by molar-refractivity contribution is 0.482. The van der Waals surface area contributed by atoms with Gasteiger partial charge in [0.2, 0.25) is 10.0 Å². The van der Waals surface area contributed by atoms with Crippen molar-refractivity contribution in [1.29, 1.82) is 0 Å². The van der Waals surface area contributed by atoms with E-state index in [-0.39, 0.29) is 11.8 Å². The second kappa shape index (κ2) is 7.76. The quantitative estimate of drug-likeness (QED) is 0.774. The molecule has 2 N–H and O–H groups in total. The summed E-state index contributed by atoms with van der Waals surface area (Å²) >= 11 is 0. The van der Waals surface area contributed by atoms with Crippen LogP contribution in [-0.4, -0.2) is 21.5 Å². The van der Waals surface area contributed by atoms with E-state index in [1.807, 2.05) is 38.2 Å². The Morgan fingerprint density at radius 1 is 1.15 bits per heavy atom. The van der Waals surface area contributed by atoms with E-state index in [0.717, 1.165) is 24.1 Å². The van der Waals surface area contributed by atoms with Gasteiger partial charge in [-0.15, -0.1) is 0 Å². The topological polar surface area (TPSA) is 58.2 Å². The van der Waals surface area contributed by atoms with Crippen LogP contribution in [0, 0.1) is 5.92 Å². The maximum absolute atomic E-state index is 12.1. The fraction of sp³-hybridized carbons (Fsp3) is 0.600. The molecular formula is C15H26N2O2S. The first-order chi connectivity index (χ1) is 9.32. The number of hydrogen-bond donors (Lipinski definition) is 2. The van der Waals surface area contributed by atoms with E-state index in [9.17, 15) is 8.42 Å². The maximum atomic E-state index is 12.1. The Kier molecular flexibility index (Phi) is 6.65. The molecule has 1 unspecified atom stereocenters. The fourth-order valence-electron chi connectivity index (χ4n) is 2.36. The summed E-state index contributed by atoms with van der Waals surface area (Å²) < 4.78 is 27.0. The summed E-state index contributed by atoms with van der Waals surface area (Å²) in [4.78, 5) is 0. The van der Waals surface area contributed by atoms with Crippen molar-refractivity contribution in [1.82, 2.24) is 10.0 Å². The van der Waals surface area contributed by atoms with E-state index in [2.05, 4.69) is 23.9 Å². The minimum absolute atomic E-state index is 0.0273. The van der Waals surface area contributed by atoms with Crippen molar-refractivity contribution in [3.8, 4) is 0 Å². The predicted octanol–water partition coefficient (Wildman–Crippen LogP) is 2.26. The fourth-order valence-corrected chi connectivity index (χ4v) is 3.77. The number of hydrogen-bond acceptors (Lipinski definition) is 3. The smallest absolute Gasteiger partial charge is 0.216 e. The molecule has 0 saturated heterocycles. The zero-order valence-electron chi connectivity index (χ0n) is 12.8. The standard InChI is InChI=1S/C15H26N2O2S/c1-12(2)8-13(3)17-20(18,19)11-15-7-5-6-14(9-15)10-16-4/h5-7,9,12-13,16-17H,8,10-11H2,1-4H3. The Hall–Kier alpha value is -0.910. The Balaban J connectivity index is 2.68. The number of nitrogens with one attached hydrogen (secondary N) is 2. The largest absolute Gasteiger partial charge is 0.316 e. The average Bonchev–Trinajstić information content (AvgIpc) is 2.26. The summed E-state index contributed by atoms with van der Waals surface area (Å²) in [6, 6.07) is 7.64. The molecule has 0 fully saturated rings. The van der Waals surface area contributed by atoms with Crippen molar-refractivity contribution in [2.45, 2.75) is 45.5 Å². The first-order valence-electron chi connectivity index (χ1n) is 7.05. The molecule has 0 radical (unpaired) electrons. The molecule has 0 aliphatic rings. The lowest BCUT2D eigenvalue weighted by atomic mass is 10.1. The van der Waals surface area contributed by atoms with Crippen LogP contribution in [0.2, 0.25) is 0 Å². The average molecular weight is 298 g/mol. The van der Waals surface area contributed by atoms with Crippen LogP contribution < -0.4 is 10.0 Å². The predicted molar refractivity (Wildman–Crippen MR) is 83.9 cm³/mol. The maximum Gasteiger partial charge on any atom is 0.216 e. The molecule has 0 heterocycles. The van der Waals surface area contributed by atoms with Crippen LogP contribution >= 0.6 is 0 Å². The molecule has 5 heteroatoms. The zero-order chi connectivity index (χ0) is 15.2. The summed E-state index contributed by atoms with van der Waals surface area (Å²) in [6.45, 7) is 6.83. The van der Waals surface area contributed by atoms with E-state index >= 15 is 0 Å². The highest BCUT2D eigenvalue weighted by molar-refractivity contribution is 7.88. The highest BCUT2D eigenvalue weighted by atomic mass is 32.2. The van der Waals surface area contributed by atoms with E-state index in [1.165, 1.54) is 0 Å². The van der Waals surface area contributed by atoms with Crippen LogP contribution in [-0.2, 0) is 22.3 Å². The molecule has 0 amide bonds. The monoisotopic (exact) mass is 298 g/mol. The van der Waals surface area contributed by atoms with Crippen molar-refractivity contribution >= 4 is 10.0 Å². The normalized spacial score (nSPS) is 13.7. The summed E-state index contributed by atoms with van der Waals surface area (Å²) in [7, 11) is -1.41. The summed E-state index contributed by atoms with van der Waals surface area (Å²) in [5.41, 5.74) is 1.91. The first kappa shape index (κ1) is 17.1. The number of sulfonamides is 1. The molecule has 0 aliphatic carbocycles. The molecule has 1 atom stereocenters. The Labute approximate surface area is 123 Å². The third kappa shape index (κ3) is 6.50. The minimum Gasteiger partial charge on any atom is -0.316 e. The van der Waals surface area contributed by atoms with E-state index in [4.69, 9.17) is 0 Å². The highest BCUT2D eigenvalue weighted by Crippen LogP contribution is 2.11. The summed E-state index contributed by atoms with van der Waals surface area (Å²) in [5.74, 6) is 0.513.